The van der Waals surface area contributed by atoms with Crippen molar-refractivity contribution in [1.82, 2.24) is 10.2 Å². The molecular formula is C13H15Cl2N3. The smallest absolute Gasteiger partial charge is 0.153 e. The van der Waals surface area contributed by atoms with Gasteiger partial charge in [-0.2, -0.15) is 5.10 Å². The molecule has 1 heterocycles. The number of aromatic amines is 1. The highest BCUT2D eigenvalue weighted by Gasteiger charge is 2.18. The van der Waals surface area contributed by atoms with Gasteiger partial charge in [0.1, 0.15) is 0 Å². The zero-order valence-electron chi connectivity index (χ0n) is 10.3. The van der Waals surface area contributed by atoms with Crippen LogP contribution in [0.2, 0.25) is 10.0 Å². The Balaban J connectivity index is 2.60. The van der Waals surface area contributed by atoms with E-state index in [4.69, 9.17) is 28.9 Å². The lowest BCUT2D eigenvalue weighted by molar-refractivity contribution is 0.634. The number of rotatable bonds is 3. The Morgan fingerprint density at radius 1 is 1.22 bits per heavy atom. The minimum atomic E-state index is 0.431. The van der Waals surface area contributed by atoms with Crippen LogP contribution in [0.3, 0.4) is 0 Å². The number of nitrogens with zero attached hydrogens (tertiary/aromatic N) is 1. The molecule has 0 aliphatic heterocycles. The molecule has 3 nitrogen and oxygen atoms in total. The zero-order chi connectivity index (χ0) is 13.3. The van der Waals surface area contributed by atoms with Gasteiger partial charge in [0.15, 0.2) is 5.82 Å². The molecule has 2 rings (SSSR count). The Hall–Kier alpha value is -1.19. The first-order valence-corrected chi connectivity index (χ1v) is 6.53. The highest BCUT2D eigenvalue weighted by Crippen LogP contribution is 2.39. The van der Waals surface area contributed by atoms with E-state index in [2.05, 4.69) is 24.0 Å². The van der Waals surface area contributed by atoms with Gasteiger partial charge >= 0.3 is 0 Å². The number of nitrogens with one attached hydrogen (secondary N) is 1. The number of aromatic nitrogens is 2. The van der Waals surface area contributed by atoms with Gasteiger partial charge in [0.05, 0.1) is 10.0 Å². The molecule has 0 radical (unpaired) electrons. The molecule has 0 spiro atoms. The fourth-order valence-corrected chi connectivity index (χ4v) is 2.55. The Bertz CT molecular complexity index is 541. The van der Waals surface area contributed by atoms with Gasteiger partial charge in [-0.3, -0.25) is 5.10 Å². The minimum absolute atomic E-state index is 0.431. The number of H-pyrrole nitrogens is 1. The second-order valence-corrected chi connectivity index (χ2v) is 5.47. The standard InChI is InChI=1S/C13H15Cl2N3/c1-7(2)6-10-12(13(16)18-17-10)11-8(14)4-3-5-9(11)15/h3-5,7H,6H2,1-2H3,(H3,16,17,18). The van der Waals surface area contributed by atoms with Crippen LogP contribution in [0.5, 0.6) is 0 Å². The summed E-state index contributed by atoms with van der Waals surface area (Å²) in [6.45, 7) is 4.27. The predicted octanol–water partition coefficient (Wildman–Crippen LogP) is 4.16. The summed E-state index contributed by atoms with van der Waals surface area (Å²) in [5.74, 6) is 0.922. The van der Waals surface area contributed by atoms with Crippen molar-refractivity contribution in [3.05, 3.63) is 33.9 Å². The average Bonchev–Trinajstić information content (AvgIpc) is 2.60. The van der Waals surface area contributed by atoms with E-state index in [0.717, 1.165) is 23.2 Å². The quantitative estimate of drug-likeness (QED) is 0.889. The molecule has 5 heteroatoms. The van der Waals surface area contributed by atoms with Crippen LogP contribution in [-0.4, -0.2) is 10.2 Å². The Morgan fingerprint density at radius 2 is 1.83 bits per heavy atom. The number of anilines is 1. The van der Waals surface area contributed by atoms with E-state index in [1.54, 1.807) is 12.1 Å². The van der Waals surface area contributed by atoms with Gasteiger partial charge in [-0.05, 0) is 24.5 Å². The van der Waals surface area contributed by atoms with Crippen LogP contribution in [0.25, 0.3) is 11.1 Å². The summed E-state index contributed by atoms with van der Waals surface area (Å²) in [6, 6.07) is 5.41. The summed E-state index contributed by atoms with van der Waals surface area (Å²) in [7, 11) is 0. The largest absolute Gasteiger partial charge is 0.382 e. The Labute approximate surface area is 116 Å². The van der Waals surface area contributed by atoms with Crippen molar-refractivity contribution in [2.75, 3.05) is 5.73 Å². The highest BCUT2D eigenvalue weighted by atomic mass is 35.5. The number of hydrogen-bond acceptors (Lipinski definition) is 2. The van der Waals surface area contributed by atoms with Crippen molar-refractivity contribution in [1.29, 1.82) is 0 Å². The van der Waals surface area contributed by atoms with E-state index in [-0.39, 0.29) is 0 Å². The molecule has 0 aliphatic rings. The van der Waals surface area contributed by atoms with Crippen LogP contribution >= 0.6 is 23.2 Å². The van der Waals surface area contributed by atoms with Gasteiger partial charge in [0, 0.05) is 16.8 Å². The molecule has 0 atom stereocenters. The molecule has 0 amide bonds. The number of halogens is 2. The highest BCUT2D eigenvalue weighted by molar-refractivity contribution is 6.39. The molecule has 0 aliphatic carbocycles. The number of nitrogen functional groups attached to an aromatic ring is 1. The summed E-state index contributed by atoms with van der Waals surface area (Å²) in [4.78, 5) is 0. The lowest BCUT2D eigenvalue weighted by Gasteiger charge is -2.10. The van der Waals surface area contributed by atoms with Crippen molar-refractivity contribution in [2.24, 2.45) is 5.92 Å². The molecule has 96 valence electrons. The summed E-state index contributed by atoms with van der Waals surface area (Å²) >= 11 is 12.4. The van der Waals surface area contributed by atoms with Gasteiger partial charge in [-0.25, -0.2) is 0 Å². The maximum Gasteiger partial charge on any atom is 0.153 e. The van der Waals surface area contributed by atoms with E-state index in [1.807, 2.05) is 6.07 Å². The van der Waals surface area contributed by atoms with Crippen molar-refractivity contribution in [2.45, 2.75) is 20.3 Å². The maximum atomic E-state index is 6.22. The minimum Gasteiger partial charge on any atom is -0.382 e. The fraction of sp³-hybridized carbons (Fsp3) is 0.308. The molecule has 0 saturated carbocycles. The van der Waals surface area contributed by atoms with Gasteiger partial charge in [-0.1, -0.05) is 43.1 Å². The van der Waals surface area contributed by atoms with E-state index in [9.17, 15) is 0 Å². The van der Waals surface area contributed by atoms with E-state index < -0.39 is 0 Å². The molecule has 2 aromatic rings. The van der Waals surface area contributed by atoms with Crippen LogP contribution in [0.4, 0.5) is 5.82 Å². The second-order valence-electron chi connectivity index (χ2n) is 4.66. The Kier molecular flexibility index (Phi) is 3.83. The van der Waals surface area contributed by atoms with Crippen molar-refractivity contribution in [3.8, 4) is 11.1 Å². The fourth-order valence-electron chi connectivity index (χ4n) is 1.97. The first-order valence-electron chi connectivity index (χ1n) is 5.77. The maximum absolute atomic E-state index is 6.22. The monoisotopic (exact) mass is 283 g/mol. The lowest BCUT2D eigenvalue weighted by Crippen LogP contribution is -1.98. The van der Waals surface area contributed by atoms with Crippen molar-refractivity contribution in [3.63, 3.8) is 0 Å². The SMILES string of the molecule is CC(C)Cc1[nH]nc(N)c1-c1c(Cl)cccc1Cl. The molecule has 1 aromatic carbocycles. The van der Waals surface area contributed by atoms with Crippen molar-refractivity contribution < 1.29 is 0 Å². The molecular weight excluding hydrogens is 269 g/mol. The van der Waals surface area contributed by atoms with E-state index in [1.165, 1.54) is 0 Å². The van der Waals surface area contributed by atoms with Crippen LogP contribution in [0.15, 0.2) is 18.2 Å². The molecule has 0 unspecified atom stereocenters. The van der Waals surface area contributed by atoms with Crippen LogP contribution in [0.1, 0.15) is 19.5 Å². The number of hydrogen-bond donors (Lipinski definition) is 2. The number of nitrogens with two attached hydrogens (primary N) is 1. The molecule has 3 N–H and O–H groups in total. The van der Waals surface area contributed by atoms with E-state index in [0.29, 0.717) is 21.8 Å². The summed E-state index contributed by atoms with van der Waals surface area (Å²) < 4.78 is 0. The van der Waals surface area contributed by atoms with Gasteiger partial charge < -0.3 is 5.73 Å². The third-order valence-corrected chi connectivity index (χ3v) is 3.32. The third kappa shape index (κ3) is 2.47. The normalized spacial score (nSPS) is 11.2. The second kappa shape index (κ2) is 5.21. The van der Waals surface area contributed by atoms with Crippen LogP contribution in [0, 0.1) is 5.92 Å². The molecule has 0 saturated heterocycles. The van der Waals surface area contributed by atoms with Crippen LogP contribution in [-0.2, 0) is 6.42 Å². The number of benzene rings is 1. The molecule has 1 aromatic heterocycles. The molecule has 0 bridgehead atoms. The first-order chi connectivity index (χ1) is 8.50. The lowest BCUT2D eigenvalue weighted by atomic mass is 9.99. The summed E-state index contributed by atoms with van der Waals surface area (Å²) in [5.41, 5.74) is 8.47. The molecule has 18 heavy (non-hydrogen) atoms. The van der Waals surface area contributed by atoms with Crippen molar-refractivity contribution >= 4 is 29.0 Å². The van der Waals surface area contributed by atoms with E-state index >= 15 is 0 Å². The summed E-state index contributed by atoms with van der Waals surface area (Å²) in [5, 5.41) is 8.20. The Morgan fingerprint density at radius 3 is 2.39 bits per heavy atom. The third-order valence-electron chi connectivity index (χ3n) is 2.69. The molecule has 0 fully saturated rings. The topological polar surface area (TPSA) is 54.7 Å². The zero-order valence-corrected chi connectivity index (χ0v) is 11.8. The summed E-state index contributed by atoms with van der Waals surface area (Å²) in [6.07, 6.45) is 0.848. The van der Waals surface area contributed by atoms with Crippen LogP contribution < -0.4 is 5.73 Å². The van der Waals surface area contributed by atoms with Gasteiger partial charge in [-0.15, -0.1) is 0 Å². The first kappa shape index (κ1) is 13.2. The predicted molar refractivity (Wildman–Crippen MR) is 77.0 cm³/mol. The average molecular weight is 284 g/mol. The van der Waals surface area contributed by atoms with Gasteiger partial charge in [0.2, 0.25) is 0 Å². The van der Waals surface area contributed by atoms with Gasteiger partial charge in [0.25, 0.3) is 0 Å².